The second kappa shape index (κ2) is 5.36. The van der Waals surface area contributed by atoms with Crippen molar-refractivity contribution in [1.29, 1.82) is 0 Å². The zero-order valence-electron chi connectivity index (χ0n) is 11.4. The van der Waals surface area contributed by atoms with Crippen molar-refractivity contribution in [3.63, 3.8) is 0 Å². The van der Waals surface area contributed by atoms with Gasteiger partial charge in [0.25, 0.3) is 5.91 Å². The van der Waals surface area contributed by atoms with Crippen molar-refractivity contribution in [3.8, 4) is 11.5 Å². The summed E-state index contributed by atoms with van der Waals surface area (Å²) in [5.41, 5.74) is 7.49. The van der Waals surface area contributed by atoms with Crippen LogP contribution in [0.1, 0.15) is 15.9 Å². The van der Waals surface area contributed by atoms with Crippen molar-refractivity contribution in [3.05, 3.63) is 53.6 Å². The molecule has 5 nitrogen and oxygen atoms in total. The van der Waals surface area contributed by atoms with Crippen LogP contribution in [0.15, 0.2) is 42.5 Å². The Morgan fingerprint density at radius 1 is 1.33 bits per heavy atom. The lowest BCUT2D eigenvalue weighted by Gasteiger charge is -2.13. The average Bonchev–Trinajstić information content (AvgIpc) is 2.90. The van der Waals surface area contributed by atoms with Crippen LogP contribution in [0.2, 0.25) is 0 Å². The van der Waals surface area contributed by atoms with Gasteiger partial charge in [-0.2, -0.15) is 0 Å². The molecular weight excluding hydrogens is 268 g/mol. The van der Waals surface area contributed by atoms with Crippen molar-refractivity contribution < 1.29 is 14.6 Å². The number of para-hydroxylation sites is 1. The molecule has 1 unspecified atom stereocenters. The molecule has 3 rings (SSSR count). The largest absolute Gasteiger partial charge is 0.508 e. The Morgan fingerprint density at radius 2 is 2.14 bits per heavy atom. The maximum atomic E-state index is 12.1. The van der Waals surface area contributed by atoms with Gasteiger partial charge < -0.3 is 20.9 Å². The number of ether oxygens (including phenoxy) is 1. The maximum absolute atomic E-state index is 12.1. The van der Waals surface area contributed by atoms with E-state index in [-0.39, 0.29) is 23.3 Å². The predicted octanol–water partition coefficient (Wildman–Crippen LogP) is 1.71. The third-order valence-corrected chi connectivity index (χ3v) is 3.49. The number of carbonyl (C=O) groups excluding carboxylic acids is 1. The number of phenolic OH excluding ortho intramolecular Hbond substituents is 1. The van der Waals surface area contributed by atoms with E-state index >= 15 is 0 Å². The highest BCUT2D eigenvalue weighted by Crippen LogP contribution is 2.27. The number of nitrogens with one attached hydrogen (secondary N) is 1. The van der Waals surface area contributed by atoms with Gasteiger partial charge in [-0.25, -0.2) is 0 Å². The summed E-state index contributed by atoms with van der Waals surface area (Å²) in [6.45, 7) is 0.391. The van der Waals surface area contributed by atoms with Gasteiger partial charge in [0.05, 0.1) is 12.1 Å². The topological polar surface area (TPSA) is 84.6 Å². The van der Waals surface area contributed by atoms with Gasteiger partial charge in [0.2, 0.25) is 0 Å². The number of hydrogen-bond acceptors (Lipinski definition) is 4. The number of anilines is 1. The van der Waals surface area contributed by atoms with Crippen LogP contribution >= 0.6 is 0 Å². The first kappa shape index (κ1) is 13.3. The summed E-state index contributed by atoms with van der Waals surface area (Å²) in [7, 11) is 0. The van der Waals surface area contributed by atoms with Crippen LogP contribution < -0.4 is 15.8 Å². The van der Waals surface area contributed by atoms with E-state index in [1.807, 2.05) is 24.3 Å². The number of benzene rings is 2. The number of phenols is 1. The predicted molar refractivity (Wildman–Crippen MR) is 79.4 cm³/mol. The lowest BCUT2D eigenvalue weighted by Crippen LogP contribution is -2.34. The van der Waals surface area contributed by atoms with Crippen LogP contribution in [0.3, 0.4) is 0 Å². The fourth-order valence-corrected chi connectivity index (χ4v) is 2.41. The lowest BCUT2D eigenvalue weighted by molar-refractivity contribution is 0.0934. The van der Waals surface area contributed by atoms with Crippen molar-refractivity contribution in [2.24, 2.45) is 0 Å². The van der Waals surface area contributed by atoms with E-state index in [0.29, 0.717) is 12.2 Å². The SMILES string of the molecule is Nc1ccc(O)cc1C(=O)NCC1Cc2ccccc2O1. The monoisotopic (exact) mass is 284 g/mol. The molecule has 0 saturated heterocycles. The first-order valence-corrected chi connectivity index (χ1v) is 6.75. The molecule has 1 atom stereocenters. The van der Waals surface area contributed by atoms with Gasteiger partial charge in [0.15, 0.2) is 0 Å². The molecule has 0 fully saturated rings. The second-order valence-electron chi connectivity index (χ2n) is 5.03. The van der Waals surface area contributed by atoms with E-state index < -0.39 is 0 Å². The van der Waals surface area contributed by atoms with Gasteiger partial charge in [-0.05, 0) is 29.8 Å². The molecule has 0 radical (unpaired) electrons. The average molecular weight is 284 g/mol. The van der Waals surface area contributed by atoms with Crippen LogP contribution in [0, 0.1) is 0 Å². The molecule has 0 aliphatic carbocycles. The van der Waals surface area contributed by atoms with E-state index in [1.54, 1.807) is 0 Å². The van der Waals surface area contributed by atoms with Crippen LogP contribution in [-0.4, -0.2) is 23.7 Å². The van der Waals surface area contributed by atoms with Gasteiger partial charge in [-0.15, -0.1) is 0 Å². The minimum atomic E-state index is -0.317. The Hall–Kier alpha value is -2.69. The molecule has 1 aliphatic heterocycles. The molecule has 1 heterocycles. The Kier molecular flexibility index (Phi) is 3.39. The number of amides is 1. The number of fused-ring (bicyclic) bond motifs is 1. The molecule has 0 bridgehead atoms. The second-order valence-corrected chi connectivity index (χ2v) is 5.03. The Labute approximate surface area is 122 Å². The molecule has 0 spiro atoms. The molecule has 2 aromatic rings. The van der Waals surface area contributed by atoms with Crippen molar-refractivity contribution in [2.45, 2.75) is 12.5 Å². The van der Waals surface area contributed by atoms with Gasteiger partial charge in [0, 0.05) is 12.1 Å². The Balaban J connectivity index is 1.61. The van der Waals surface area contributed by atoms with Crippen molar-refractivity contribution >= 4 is 11.6 Å². The van der Waals surface area contributed by atoms with E-state index in [1.165, 1.54) is 18.2 Å². The Bertz CT molecular complexity index is 660. The number of nitrogens with two attached hydrogens (primary N) is 1. The molecule has 0 saturated carbocycles. The molecule has 2 aromatic carbocycles. The highest BCUT2D eigenvalue weighted by Gasteiger charge is 2.23. The van der Waals surface area contributed by atoms with Crippen LogP contribution in [-0.2, 0) is 6.42 Å². The summed E-state index contributed by atoms with van der Waals surface area (Å²) in [4.78, 5) is 12.1. The summed E-state index contributed by atoms with van der Waals surface area (Å²) >= 11 is 0. The molecule has 4 N–H and O–H groups in total. The van der Waals surface area contributed by atoms with Gasteiger partial charge in [-0.1, -0.05) is 18.2 Å². The normalized spacial score (nSPS) is 16.1. The molecular formula is C16H16N2O3. The molecule has 5 heteroatoms. The molecule has 1 amide bonds. The summed E-state index contributed by atoms with van der Waals surface area (Å²) in [6.07, 6.45) is 0.691. The molecule has 0 aromatic heterocycles. The first-order valence-electron chi connectivity index (χ1n) is 6.75. The Morgan fingerprint density at radius 3 is 2.95 bits per heavy atom. The minimum Gasteiger partial charge on any atom is -0.508 e. The smallest absolute Gasteiger partial charge is 0.253 e. The maximum Gasteiger partial charge on any atom is 0.253 e. The number of carbonyl (C=O) groups is 1. The third kappa shape index (κ3) is 2.76. The summed E-state index contributed by atoms with van der Waals surface area (Å²) in [5, 5.41) is 12.2. The third-order valence-electron chi connectivity index (χ3n) is 3.49. The highest BCUT2D eigenvalue weighted by atomic mass is 16.5. The van der Waals surface area contributed by atoms with Gasteiger partial charge >= 0.3 is 0 Å². The zero-order valence-corrected chi connectivity index (χ0v) is 11.4. The summed E-state index contributed by atoms with van der Waals surface area (Å²) in [6, 6.07) is 12.1. The quantitative estimate of drug-likeness (QED) is 0.591. The van der Waals surface area contributed by atoms with Crippen LogP contribution in [0.4, 0.5) is 5.69 Å². The van der Waals surface area contributed by atoms with E-state index in [4.69, 9.17) is 10.5 Å². The van der Waals surface area contributed by atoms with Crippen molar-refractivity contribution in [2.75, 3.05) is 12.3 Å². The lowest BCUT2D eigenvalue weighted by atomic mass is 10.1. The fourth-order valence-electron chi connectivity index (χ4n) is 2.41. The van der Waals surface area contributed by atoms with E-state index in [0.717, 1.165) is 17.7 Å². The van der Waals surface area contributed by atoms with Crippen LogP contribution in [0.5, 0.6) is 11.5 Å². The number of rotatable bonds is 3. The summed E-state index contributed by atoms with van der Waals surface area (Å²) < 4.78 is 5.75. The first-order chi connectivity index (χ1) is 10.1. The van der Waals surface area contributed by atoms with Crippen molar-refractivity contribution in [1.82, 2.24) is 5.32 Å². The van der Waals surface area contributed by atoms with Crippen LogP contribution in [0.25, 0.3) is 0 Å². The van der Waals surface area contributed by atoms with Gasteiger partial charge in [0.1, 0.15) is 17.6 Å². The highest BCUT2D eigenvalue weighted by molar-refractivity contribution is 5.99. The number of hydrogen-bond donors (Lipinski definition) is 3. The fraction of sp³-hybridized carbons (Fsp3) is 0.188. The molecule has 21 heavy (non-hydrogen) atoms. The number of aromatic hydroxyl groups is 1. The number of nitrogen functional groups attached to an aromatic ring is 1. The standard InChI is InChI=1S/C16H16N2O3/c17-14-6-5-11(19)8-13(14)16(20)18-9-12-7-10-3-1-2-4-15(10)21-12/h1-6,8,12,19H,7,9,17H2,(H,18,20). The van der Waals surface area contributed by atoms with Gasteiger partial charge in [-0.3, -0.25) is 4.79 Å². The van der Waals surface area contributed by atoms with E-state index in [2.05, 4.69) is 5.32 Å². The zero-order chi connectivity index (χ0) is 14.8. The summed E-state index contributed by atoms with van der Waals surface area (Å²) in [5.74, 6) is 0.565. The molecule has 108 valence electrons. The van der Waals surface area contributed by atoms with E-state index in [9.17, 15) is 9.90 Å². The minimum absolute atomic E-state index is 0.0128. The molecule has 1 aliphatic rings.